The van der Waals surface area contributed by atoms with Crippen molar-refractivity contribution < 1.29 is 9.47 Å². The van der Waals surface area contributed by atoms with E-state index in [4.69, 9.17) is 9.47 Å². The van der Waals surface area contributed by atoms with Gasteiger partial charge in [0.25, 0.3) is 0 Å². The molecule has 0 aromatic rings. The molecule has 1 N–H and O–H groups in total. The fraction of sp³-hybridized carbons (Fsp3) is 1.00. The van der Waals surface area contributed by atoms with Gasteiger partial charge in [-0.15, -0.1) is 0 Å². The Labute approximate surface area is 97.9 Å². The van der Waals surface area contributed by atoms with Crippen LogP contribution < -0.4 is 5.32 Å². The summed E-state index contributed by atoms with van der Waals surface area (Å²) in [7, 11) is 0. The Morgan fingerprint density at radius 2 is 1.94 bits per heavy atom. The summed E-state index contributed by atoms with van der Waals surface area (Å²) >= 11 is 0. The van der Waals surface area contributed by atoms with E-state index >= 15 is 0 Å². The Morgan fingerprint density at radius 1 is 1.12 bits per heavy atom. The van der Waals surface area contributed by atoms with E-state index in [0.717, 1.165) is 32.1 Å². The molecule has 0 radical (unpaired) electrons. The lowest BCUT2D eigenvalue weighted by Gasteiger charge is -2.53. The van der Waals surface area contributed by atoms with Gasteiger partial charge in [0.15, 0.2) is 0 Å². The van der Waals surface area contributed by atoms with E-state index < -0.39 is 0 Å². The molecule has 0 aromatic carbocycles. The molecule has 3 fully saturated rings. The van der Waals surface area contributed by atoms with Crippen molar-refractivity contribution in [1.82, 2.24) is 5.32 Å². The third-order valence-electron chi connectivity index (χ3n) is 4.91. The molecule has 3 nitrogen and oxygen atoms in total. The molecule has 2 heterocycles. The van der Waals surface area contributed by atoms with Crippen LogP contribution in [0.1, 0.15) is 39.5 Å². The highest BCUT2D eigenvalue weighted by Crippen LogP contribution is 2.48. The summed E-state index contributed by atoms with van der Waals surface area (Å²) < 4.78 is 12.1. The van der Waals surface area contributed by atoms with E-state index in [9.17, 15) is 0 Å². The normalized spacial score (nSPS) is 43.5. The molecule has 0 aromatic heterocycles. The van der Waals surface area contributed by atoms with Gasteiger partial charge in [0.05, 0.1) is 18.8 Å². The van der Waals surface area contributed by atoms with Crippen LogP contribution in [0, 0.1) is 5.92 Å². The molecule has 2 unspecified atom stereocenters. The molecule has 2 saturated heterocycles. The lowest BCUT2D eigenvalue weighted by atomic mass is 9.67. The number of morpholine rings is 1. The zero-order valence-electron chi connectivity index (χ0n) is 10.4. The third kappa shape index (κ3) is 1.38. The van der Waals surface area contributed by atoms with E-state index in [-0.39, 0.29) is 11.2 Å². The van der Waals surface area contributed by atoms with Crippen LogP contribution in [-0.2, 0) is 9.47 Å². The highest BCUT2D eigenvalue weighted by molar-refractivity contribution is 5.12. The van der Waals surface area contributed by atoms with Gasteiger partial charge in [-0.2, -0.15) is 0 Å². The van der Waals surface area contributed by atoms with Gasteiger partial charge in [-0.05, 0) is 32.6 Å². The van der Waals surface area contributed by atoms with Gasteiger partial charge in [-0.25, -0.2) is 0 Å². The fourth-order valence-corrected chi connectivity index (χ4v) is 3.68. The molecule has 3 aliphatic rings. The largest absolute Gasteiger partial charge is 0.372 e. The Morgan fingerprint density at radius 3 is 2.50 bits per heavy atom. The number of nitrogens with one attached hydrogen (secondary N) is 1. The van der Waals surface area contributed by atoms with Gasteiger partial charge in [-0.3, -0.25) is 0 Å². The van der Waals surface area contributed by atoms with E-state index in [1.54, 1.807) is 0 Å². The summed E-state index contributed by atoms with van der Waals surface area (Å²) in [6, 6.07) is 0.507. The first-order chi connectivity index (χ1) is 7.66. The predicted octanol–water partition coefficient (Wildman–Crippen LogP) is 1.71. The molecule has 3 heteroatoms. The monoisotopic (exact) mass is 225 g/mol. The highest BCUT2D eigenvalue weighted by Gasteiger charge is 2.59. The van der Waals surface area contributed by atoms with Gasteiger partial charge in [-0.1, -0.05) is 6.42 Å². The number of ether oxygens (including phenoxy) is 2. The first-order valence-electron chi connectivity index (χ1n) is 6.67. The molecule has 16 heavy (non-hydrogen) atoms. The topological polar surface area (TPSA) is 30.5 Å². The highest BCUT2D eigenvalue weighted by atomic mass is 16.6. The molecule has 1 spiro atoms. The molecule has 2 atom stereocenters. The van der Waals surface area contributed by atoms with Crippen molar-refractivity contribution in [3.05, 3.63) is 0 Å². The Balaban J connectivity index is 1.88. The van der Waals surface area contributed by atoms with E-state index in [1.807, 2.05) is 0 Å². The molecule has 3 rings (SSSR count). The lowest BCUT2D eigenvalue weighted by Crippen LogP contribution is -2.68. The minimum atomic E-state index is -0.138. The first kappa shape index (κ1) is 11.0. The Hall–Kier alpha value is -0.120. The summed E-state index contributed by atoms with van der Waals surface area (Å²) in [5.74, 6) is 0.807. The minimum absolute atomic E-state index is 0.0731. The van der Waals surface area contributed by atoms with Crippen LogP contribution in [0.4, 0.5) is 0 Å². The standard InChI is InChI=1S/C13H23NO2/c1-12(2)13(6-8-15-12)11(10-4-3-5-10)14-7-9-16-13/h10-11,14H,3-9H2,1-2H3. The van der Waals surface area contributed by atoms with Crippen LogP contribution in [0.3, 0.4) is 0 Å². The van der Waals surface area contributed by atoms with Crippen molar-refractivity contribution in [1.29, 1.82) is 0 Å². The minimum Gasteiger partial charge on any atom is -0.372 e. The van der Waals surface area contributed by atoms with Crippen LogP contribution in [0.2, 0.25) is 0 Å². The molecule has 0 bridgehead atoms. The fourth-order valence-electron chi connectivity index (χ4n) is 3.68. The average Bonchev–Trinajstić information content (AvgIpc) is 2.44. The Bertz CT molecular complexity index is 275. The molecule has 2 aliphatic heterocycles. The maximum absolute atomic E-state index is 6.22. The number of hydrogen-bond donors (Lipinski definition) is 1. The molecule has 92 valence electrons. The van der Waals surface area contributed by atoms with Crippen molar-refractivity contribution in [2.45, 2.75) is 56.8 Å². The van der Waals surface area contributed by atoms with Crippen LogP contribution in [0.25, 0.3) is 0 Å². The third-order valence-corrected chi connectivity index (χ3v) is 4.91. The second kappa shape index (κ2) is 3.69. The smallest absolute Gasteiger partial charge is 0.114 e. The van der Waals surface area contributed by atoms with Crippen molar-refractivity contribution in [2.24, 2.45) is 5.92 Å². The predicted molar refractivity (Wildman–Crippen MR) is 62.5 cm³/mol. The molecule has 0 amide bonds. The van der Waals surface area contributed by atoms with Crippen molar-refractivity contribution in [3.63, 3.8) is 0 Å². The molecule has 1 saturated carbocycles. The Kier molecular flexibility index (Phi) is 2.54. The summed E-state index contributed by atoms with van der Waals surface area (Å²) in [6.45, 7) is 7.06. The second-order valence-electron chi connectivity index (χ2n) is 5.97. The average molecular weight is 225 g/mol. The van der Waals surface area contributed by atoms with E-state index in [2.05, 4.69) is 19.2 Å². The quantitative estimate of drug-likeness (QED) is 0.737. The van der Waals surface area contributed by atoms with Crippen molar-refractivity contribution in [3.8, 4) is 0 Å². The van der Waals surface area contributed by atoms with Gasteiger partial charge in [0.2, 0.25) is 0 Å². The van der Waals surface area contributed by atoms with Crippen molar-refractivity contribution >= 4 is 0 Å². The molecular weight excluding hydrogens is 202 g/mol. The number of hydrogen-bond acceptors (Lipinski definition) is 3. The zero-order valence-corrected chi connectivity index (χ0v) is 10.4. The van der Waals surface area contributed by atoms with Crippen LogP contribution >= 0.6 is 0 Å². The summed E-state index contributed by atoms with van der Waals surface area (Å²) in [5, 5.41) is 3.70. The van der Waals surface area contributed by atoms with Crippen LogP contribution in [-0.4, -0.2) is 37.0 Å². The lowest BCUT2D eigenvalue weighted by molar-refractivity contribution is -0.184. The van der Waals surface area contributed by atoms with Crippen LogP contribution in [0.5, 0.6) is 0 Å². The zero-order chi connectivity index (χ0) is 11.2. The SMILES string of the molecule is CC1(C)OCCC12OCCNC2C1CCC1. The summed E-state index contributed by atoms with van der Waals surface area (Å²) in [5.41, 5.74) is -0.211. The van der Waals surface area contributed by atoms with Gasteiger partial charge in [0, 0.05) is 19.0 Å². The van der Waals surface area contributed by atoms with Crippen LogP contribution in [0.15, 0.2) is 0 Å². The first-order valence-corrected chi connectivity index (χ1v) is 6.67. The molecular formula is C13H23NO2. The van der Waals surface area contributed by atoms with Gasteiger partial charge in [0.1, 0.15) is 5.60 Å². The second-order valence-corrected chi connectivity index (χ2v) is 5.97. The van der Waals surface area contributed by atoms with Gasteiger partial charge < -0.3 is 14.8 Å². The maximum atomic E-state index is 6.22. The molecule has 1 aliphatic carbocycles. The van der Waals surface area contributed by atoms with Crippen molar-refractivity contribution in [2.75, 3.05) is 19.8 Å². The van der Waals surface area contributed by atoms with E-state index in [0.29, 0.717) is 6.04 Å². The summed E-state index contributed by atoms with van der Waals surface area (Å²) in [4.78, 5) is 0. The van der Waals surface area contributed by atoms with E-state index in [1.165, 1.54) is 19.3 Å². The summed E-state index contributed by atoms with van der Waals surface area (Å²) in [6.07, 6.45) is 5.16. The van der Waals surface area contributed by atoms with Gasteiger partial charge >= 0.3 is 0 Å². The number of rotatable bonds is 1. The maximum Gasteiger partial charge on any atom is 0.114 e.